The average molecular weight is 371 g/mol. The van der Waals surface area contributed by atoms with E-state index in [-0.39, 0.29) is 0 Å². The number of guanidine groups is 1. The molecule has 3 N–H and O–H groups in total. The lowest BCUT2D eigenvalue weighted by molar-refractivity contribution is 0.0368. The van der Waals surface area contributed by atoms with Crippen molar-refractivity contribution < 1.29 is 14.6 Å². The van der Waals surface area contributed by atoms with Crippen molar-refractivity contribution in [3.05, 3.63) is 0 Å². The van der Waals surface area contributed by atoms with Crippen molar-refractivity contribution in [3.8, 4) is 0 Å². The molecule has 26 heavy (non-hydrogen) atoms. The minimum Gasteiger partial charge on any atom is -0.389 e. The van der Waals surface area contributed by atoms with E-state index < -0.39 is 6.10 Å². The summed E-state index contributed by atoms with van der Waals surface area (Å²) in [6, 6.07) is 0.440. The van der Waals surface area contributed by atoms with E-state index in [4.69, 9.17) is 9.47 Å². The first-order chi connectivity index (χ1) is 12.7. The third kappa shape index (κ3) is 9.16. The predicted molar refractivity (Wildman–Crippen MR) is 105 cm³/mol. The van der Waals surface area contributed by atoms with Crippen LogP contribution >= 0.6 is 0 Å². The van der Waals surface area contributed by atoms with E-state index in [1.807, 2.05) is 0 Å². The number of aliphatic hydroxyl groups excluding tert-OH is 1. The van der Waals surface area contributed by atoms with Crippen LogP contribution in [0.25, 0.3) is 0 Å². The molecule has 0 bridgehead atoms. The number of nitrogens with one attached hydrogen (secondary N) is 2. The number of rotatable bonds is 12. The number of likely N-dealkylation sites (tertiary alicyclic amines) is 1. The molecule has 1 saturated carbocycles. The van der Waals surface area contributed by atoms with Gasteiger partial charge in [0.2, 0.25) is 0 Å². The number of hydrogen-bond donors (Lipinski definition) is 3. The molecule has 1 aliphatic heterocycles. The van der Waals surface area contributed by atoms with E-state index >= 15 is 0 Å². The fraction of sp³-hybridized carbons (Fsp3) is 0.947. The first-order valence-corrected chi connectivity index (χ1v) is 10.2. The van der Waals surface area contributed by atoms with Gasteiger partial charge < -0.3 is 30.1 Å². The Bertz CT molecular complexity index is 396. The van der Waals surface area contributed by atoms with Crippen molar-refractivity contribution >= 4 is 5.96 Å². The maximum absolute atomic E-state index is 10.0. The number of piperidine rings is 1. The Labute approximate surface area is 158 Å². The van der Waals surface area contributed by atoms with Gasteiger partial charge in [-0.2, -0.15) is 0 Å². The van der Waals surface area contributed by atoms with Gasteiger partial charge in [-0.1, -0.05) is 0 Å². The highest BCUT2D eigenvalue weighted by Gasteiger charge is 2.22. The molecule has 0 aromatic rings. The van der Waals surface area contributed by atoms with Gasteiger partial charge in [0, 0.05) is 52.5 Å². The van der Waals surface area contributed by atoms with E-state index in [2.05, 4.69) is 27.4 Å². The molecule has 2 fully saturated rings. The van der Waals surface area contributed by atoms with E-state index in [0.29, 0.717) is 19.2 Å². The summed E-state index contributed by atoms with van der Waals surface area (Å²) in [5, 5.41) is 16.8. The van der Waals surface area contributed by atoms with Crippen LogP contribution in [-0.2, 0) is 9.47 Å². The van der Waals surface area contributed by atoms with Crippen LogP contribution in [0.15, 0.2) is 4.99 Å². The second-order valence-electron chi connectivity index (χ2n) is 7.46. The summed E-state index contributed by atoms with van der Waals surface area (Å²) in [6.45, 7) is 8.57. The average Bonchev–Trinajstić information content (AvgIpc) is 3.46. The molecular formula is C19H38N4O3. The minimum absolute atomic E-state index is 0.371. The maximum Gasteiger partial charge on any atom is 0.191 e. The van der Waals surface area contributed by atoms with Gasteiger partial charge in [0.05, 0.1) is 19.3 Å². The van der Waals surface area contributed by atoms with Gasteiger partial charge in [-0.15, -0.1) is 0 Å². The van der Waals surface area contributed by atoms with Gasteiger partial charge in [0.1, 0.15) is 0 Å². The van der Waals surface area contributed by atoms with Crippen molar-refractivity contribution in [2.45, 2.75) is 51.2 Å². The molecule has 0 amide bonds. The molecule has 2 rings (SSSR count). The second-order valence-corrected chi connectivity index (χ2v) is 7.46. The molecule has 1 saturated heterocycles. The number of aliphatic hydroxyl groups is 1. The minimum atomic E-state index is -0.535. The van der Waals surface area contributed by atoms with Crippen molar-refractivity contribution in [2.75, 3.05) is 59.7 Å². The normalized spacial score (nSPS) is 21.0. The fourth-order valence-electron chi connectivity index (χ4n) is 3.15. The molecule has 0 aromatic carbocycles. The van der Waals surface area contributed by atoms with E-state index in [0.717, 1.165) is 70.5 Å². The zero-order valence-electron chi connectivity index (χ0n) is 16.6. The molecule has 0 aromatic heterocycles. The van der Waals surface area contributed by atoms with Gasteiger partial charge in [-0.3, -0.25) is 4.99 Å². The fourth-order valence-corrected chi connectivity index (χ4v) is 3.15. The third-order valence-corrected chi connectivity index (χ3v) is 4.92. The quantitative estimate of drug-likeness (QED) is 0.268. The second kappa shape index (κ2) is 12.5. The van der Waals surface area contributed by atoms with E-state index in [1.165, 1.54) is 12.8 Å². The Kier molecular flexibility index (Phi) is 10.3. The SMILES string of the molecule is CCNC(=NCC(O)COCC1CC1)NC1CCN(CCCOC)CC1. The Morgan fingerprint density at radius 2 is 2.04 bits per heavy atom. The summed E-state index contributed by atoms with van der Waals surface area (Å²) in [7, 11) is 1.76. The largest absolute Gasteiger partial charge is 0.389 e. The third-order valence-electron chi connectivity index (χ3n) is 4.92. The van der Waals surface area contributed by atoms with E-state index in [9.17, 15) is 5.11 Å². The van der Waals surface area contributed by atoms with Crippen LogP contribution in [0.1, 0.15) is 39.0 Å². The molecule has 0 radical (unpaired) electrons. The van der Waals surface area contributed by atoms with Crippen molar-refractivity contribution in [3.63, 3.8) is 0 Å². The van der Waals surface area contributed by atoms with Crippen LogP contribution in [-0.4, -0.2) is 87.8 Å². The number of hydrogen-bond acceptors (Lipinski definition) is 5. The summed E-state index contributed by atoms with van der Waals surface area (Å²) in [5.41, 5.74) is 0. The summed E-state index contributed by atoms with van der Waals surface area (Å²) in [6.07, 6.45) is 5.34. The molecular weight excluding hydrogens is 332 g/mol. The topological polar surface area (TPSA) is 78.4 Å². The lowest BCUT2D eigenvalue weighted by Crippen LogP contribution is -2.49. The van der Waals surface area contributed by atoms with Gasteiger partial charge in [-0.05, 0) is 44.9 Å². The molecule has 1 aliphatic carbocycles. The first-order valence-electron chi connectivity index (χ1n) is 10.2. The van der Waals surface area contributed by atoms with Crippen LogP contribution in [0.5, 0.6) is 0 Å². The molecule has 7 heteroatoms. The summed E-state index contributed by atoms with van der Waals surface area (Å²) >= 11 is 0. The maximum atomic E-state index is 10.0. The summed E-state index contributed by atoms with van der Waals surface area (Å²) < 4.78 is 10.7. The Balaban J connectivity index is 1.64. The lowest BCUT2D eigenvalue weighted by atomic mass is 10.1. The van der Waals surface area contributed by atoms with Crippen LogP contribution < -0.4 is 10.6 Å². The predicted octanol–water partition coefficient (Wildman–Crippen LogP) is 0.830. The molecule has 152 valence electrons. The number of aliphatic imine (C=N–C) groups is 1. The van der Waals surface area contributed by atoms with Crippen LogP contribution in [0, 0.1) is 5.92 Å². The molecule has 1 unspecified atom stereocenters. The molecule has 2 aliphatic rings. The van der Waals surface area contributed by atoms with Gasteiger partial charge in [0.15, 0.2) is 5.96 Å². The monoisotopic (exact) mass is 370 g/mol. The van der Waals surface area contributed by atoms with Crippen LogP contribution in [0.4, 0.5) is 0 Å². The van der Waals surface area contributed by atoms with Crippen molar-refractivity contribution in [2.24, 2.45) is 10.9 Å². The van der Waals surface area contributed by atoms with Gasteiger partial charge in [0.25, 0.3) is 0 Å². The molecule has 0 spiro atoms. The lowest BCUT2D eigenvalue weighted by Gasteiger charge is -2.33. The Hall–Kier alpha value is -0.890. The molecule has 7 nitrogen and oxygen atoms in total. The zero-order valence-corrected chi connectivity index (χ0v) is 16.6. The highest BCUT2D eigenvalue weighted by atomic mass is 16.5. The first kappa shape index (κ1) is 21.4. The smallest absolute Gasteiger partial charge is 0.191 e. The Morgan fingerprint density at radius 1 is 1.27 bits per heavy atom. The summed E-state index contributed by atoms with van der Waals surface area (Å²) in [5.74, 6) is 1.52. The number of ether oxygens (including phenoxy) is 2. The highest BCUT2D eigenvalue weighted by Crippen LogP contribution is 2.28. The van der Waals surface area contributed by atoms with Gasteiger partial charge in [-0.25, -0.2) is 0 Å². The van der Waals surface area contributed by atoms with Crippen molar-refractivity contribution in [1.82, 2.24) is 15.5 Å². The number of nitrogens with zero attached hydrogens (tertiary/aromatic N) is 2. The molecule has 1 atom stereocenters. The highest BCUT2D eigenvalue weighted by molar-refractivity contribution is 5.80. The van der Waals surface area contributed by atoms with Crippen LogP contribution in [0.2, 0.25) is 0 Å². The zero-order chi connectivity index (χ0) is 18.6. The van der Waals surface area contributed by atoms with Gasteiger partial charge >= 0.3 is 0 Å². The van der Waals surface area contributed by atoms with Crippen molar-refractivity contribution in [1.29, 1.82) is 0 Å². The Morgan fingerprint density at radius 3 is 2.69 bits per heavy atom. The summed E-state index contributed by atoms with van der Waals surface area (Å²) in [4.78, 5) is 7.04. The van der Waals surface area contributed by atoms with Crippen LogP contribution in [0.3, 0.4) is 0 Å². The number of methoxy groups -OCH3 is 1. The molecule has 1 heterocycles. The standard InChI is InChI=1S/C19H38N4O3/c1-3-20-19(21-13-18(24)15-26-14-16-5-6-16)22-17-7-10-23(11-8-17)9-4-12-25-2/h16-18,24H,3-15H2,1-2H3,(H2,20,21,22). The van der Waals surface area contributed by atoms with E-state index in [1.54, 1.807) is 7.11 Å².